The zero-order valence-electron chi connectivity index (χ0n) is 22.5. The van der Waals surface area contributed by atoms with Gasteiger partial charge in [-0.3, -0.25) is 14.2 Å². The summed E-state index contributed by atoms with van der Waals surface area (Å²) in [5, 5.41) is 11.0. The smallest absolute Gasteiger partial charge is 0.337 e. The zero-order valence-corrected chi connectivity index (χ0v) is 22.5. The second-order valence-corrected chi connectivity index (χ2v) is 10.8. The lowest BCUT2D eigenvalue weighted by Gasteiger charge is -2.29. The predicted octanol–water partition coefficient (Wildman–Crippen LogP) is 3.20. The summed E-state index contributed by atoms with van der Waals surface area (Å²) in [5.41, 5.74) is 14.8. The van der Waals surface area contributed by atoms with Crippen LogP contribution in [0.5, 0.6) is 11.5 Å². The molecule has 2 aliphatic rings. The number of aromatic nitrogens is 2. The van der Waals surface area contributed by atoms with E-state index in [4.69, 9.17) is 16.2 Å². The number of nitrogens with two attached hydrogens (primary N) is 2. The molecule has 0 spiro atoms. The molecule has 1 atom stereocenters. The minimum absolute atomic E-state index is 0.0262. The number of aryl methyl sites for hydroxylation is 1. The van der Waals surface area contributed by atoms with E-state index >= 15 is 0 Å². The molecule has 38 heavy (non-hydrogen) atoms. The van der Waals surface area contributed by atoms with E-state index in [0.29, 0.717) is 22.4 Å². The molecule has 1 aromatic heterocycles. The first-order chi connectivity index (χ1) is 17.9. The van der Waals surface area contributed by atoms with Crippen molar-refractivity contribution in [1.82, 2.24) is 9.13 Å². The van der Waals surface area contributed by atoms with Crippen molar-refractivity contribution >= 4 is 11.7 Å². The van der Waals surface area contributed by atoms with Crippen LogP contribution in [0.15, 0.2) is 27.8 Å². The van der Waals surface area contributed by atoms with Crippen molar-refractivity contribution in [1.29, 1.82) is 0 Å². The Morgan fingerprint density at radius 1 is 1.13 bits per heavy atom. The molecule has 2 heterocycles. The number of phenolic OH excluding ortho intramolecular Hbond substituents is 1. The van der Waals surface area contributed by atoms with Crippen molar-refractivity contribution in [3.05, 3.63) is 78.0 Å². The number of aromatic hydroxyl groups is 1. The van der Waals surface area contributed by atoms with Crippen molar-refractivity contribution in [3.8, 4) is 17.2 Å². The lowest BCUT2D eigenvalue weighted by atomic mass is 9.78. The third kappa shape index (κ3) is 3.48. The number of hydrogen-bond acceptors (Lipinski definition) is 6. The third-order valence-electron chi connectivity index (χ3n) is 8.19. The molecule has 1 aliphatic heterocycles. The Kier molecular flexibility index (Phi) is 5.93. The number of fused-ring (bicyclic) bond motifs is 2. The first-order valence-electron chi connectivity index (χ1n) is 13.0. The van der Waals surface area contributed by atoms with Gasteiger partial charge in [-0.1, -0.05) is 12.1 Å². The van der Waals surface area contributed by atoms with Gasteiger partial charge >= 0.3 is 5.69 Å². The van der Waals surface area contributed by atoms with E-state index in [1.807, 2.05) is 12.1 Å². The Morgan fingerprint density at radius 2 is 1.82 bits per heavy atom. The summed E-state index contributed by atoms with van der Waals surface area (Å²) >= 11 is 0. The van der Waals surface area contributed by atoms with Crippen LogP contribution in [0.3, 0.4) is 0 Å². The van der Waals surface area contributed by atoms with Gasteiger partial charge in [-0.2, -0.15) is 0 Å². The SMILES string of the molecule is CCn1c(=O)c(C2c3c(C)c(O)c(C)c(C(N)=O)c3OC2(C)C)c(N)n(-c2cccc3c2CCCC3)c1=O. The number of amides is 1. The number of ether oxygens (including phenoxy) is 1. The molecule has 0 radical (unpaired) electrons. The zero-order chi connectivity index (χ0) is 27.7. The number of carbonyl (C=O) groups is 1. The van der Waals surface area contributed by atoms with E-state index in [-0.39, 0.29) is 35.0 Å². The van der Waals surface area contributed by atoms with Crippen molar-refractivity contribution in [2.45, 2.75) is 78.4 Å². The second kappa shape index (κ2) is 8.79. The number of anilines is 1. The number of nitrogen functional groups attached to an aromatic ring is 1. The quantitative estimate of drug-likeness (QED) is 0.484. The normalized spacial score (nSPS) is 17.6. The lowest BCUT2D eigenvalue weighted by molar-refractivity contribution is 0.0976. The highest BCUT2D eigenvalue weighted by Crippen LogP contribution is 2.54. The van der Waals surface area contributed by atoms with Crippen LogP contribution in [-0.4, -0.2) is 25.7 Å². The number of benzene rings is 2. The van der Waals surface area contributed by atoms with E-state index in [1.165, 1.54) is 14.7 Å². The van der Waals surface area contributed by atoms with E-state index in [0.717, 1.165) is 31.2 Å². The molecule has 2 aromatic carbocycles. The van der Waals surface area contributed by atoms with Crippen LogP contribution in [-0.2, 0) is 19.4 Å². The third-order valence-corrected chi connectivity index (χ3v) is 8.19. The van der Waals surface area contributed by atoms with Gasteiger partial charge in [0, 0.05) is 17.7 Å². The second-order valence-electron chi connectivity index (χ2n) is 10.8. The maximum absolute atomic E-state index is 13.9. The van der Waals surface area contributed by atoms with E-state index in [1.54, 1.807) is 34.6 Å². The van der Waals surface area contributed by atoms with Crippen LogP contribution >= 0.6 is 0 Å². The first kappa shape index (κ1) is 25.6. The average molecular weight is 519 g/mol. The highest BCUT2D eigenvalue weighted by atomic mass is 16.5. The van der Waals surface area contributed by atoms with E-state index < -0.39 is 28.7 Å². The molecule has 0 saturated carbocycles. The van der Waals surface area contributed by atoms with Gasteiger partial charge < -0.3 is 21.3 Å². The number of carbonyl (C=O) groups excluding carboxylic acids is 1. The molecular formula is C29H34N4O5. The van der Waals surface area contributed by atoms with Gasteiger partial charge in [-0.15, -0.1) is 0 Å². The van der Waals surface area contributed by atoms with Gasteiger partial charge in [0.1, 0.15) is 22.9 Å². The summed E-state index contributed by atoms with van der Waals surface area (Å²) in [7, 11) is 0. The fraction of sp³-hybridized carbons (Fsp3) is 0.414. The topological polar surface area (TPSA) is 143 Å². The largest absolute Gasteiger partial charge is 0.507 e. The summed E-state index contributed by atoms with van der Waals surface area (Å²) in [6.07, 6.45) is 3.81. The molecule has 200 valence electrons. The van der Waals surface area contributed by atoms with Crippen LogP contribution in [0.4, 0.5) is 5.82 Å². The van der Waals surface area contributed by atoms with Crippen LogP contribution < -0.4 is 27.5 Å². The molecule has 0 saturated heterocycles. The van der Waals surface area contributed by atoms with E-state index in [9.17, 15) is 19.5 Å². The Hall–Kier alpha value is -4.01. The summed E-state index contributed by atoms with van der Waals surface area (Å²) < 4.78 is 8.94. The minimum atomic E-state index is -1.05. The number of primary amides is 1. The van der Waals surface area contributed by atoms with Gasteiger partial charge in [0.05, 0.1) is 22.7 Å². The van der Waals surface area contributed by atoms with Gasteiger partial charge in [0.25, 0.3) is 11.5 Å². The Bertz CT molecular complexity index is 1630. The molecule has 5 rings (SSSR count). The molecule has 0 bridgehead atoms. The molecule has 1 aliphatic carbocycles. The number of rotatable bonds is 4. The Morgan fingerprint density at radius 3 is 2.47 bits per heavy atom. The predicted molar refractivity (Wildman–Crippen MR) is 146 cm³/mol. The van der Waals surface area contributed by atoms with Gasteiger partial charge in [0.2, 0.25) is 0 Å². The van der Waals surface area contributed by atoms with Gasteiger partial charge in [0.15, 0.2) is 0 Å². The Balaban J connectivity index is 1.90. The number of phenols is 1. The summed E-state index contributed by atoms with van der Waals surface area (Å²) in [6, 6.07) is 5.85. The number of nitrogens with zero attached hydrogens (tertiary/aromatic N) is 2. The monoisotopic (exact) mass is 518 g/mol. The van der Waals surface area contributed by atoms with E-state index in [2.05, 4.69) is 6.07 Å². The molecule has 9 heteroatoms. The maximum Gasteiger partial charge on any atom is 0.337 e. The Labute approximate surface area is 220 Å². The fourth-order valence-electron chi connectivity index (χ4n) is 6.35. The lowest BCUT2D eigenvalue weighted by Crippen LogP contribution is -2.45. The first-order valence-corrected chi connectivity index (χ1v) is 13.0. The van der Waals surface area contributed by atoms with Crippen molar-refractivity contribution in [2.24, 2.45) is 5.73 Å². The molecule has 1 unspecified atom stereocenters. The highest BCUT2D eigenvalue weighted by molar-refractivity contribution is 5.99. The summed E-state index contributed by atoms with van der Waals surface area (Å²) in [4.78, 5) is 40.1. The molecule has 3 aromatic rings. The van der Waals surface area contributed by atoms with Gasteiger partial charge in [-0.05, 0) is 83.1 Å². The average Bonchev–Trinajstić information content (AvgIpc) is 3.13. The molecular weight excluding hydrogens is 484 g/mol. The fourth-order valence-corrected chi connectivity index (χ4v) is 6.35. The van der Waals surface area contributed by atoms with Crippen LogP contribution in [0.2, 0.25) is 0 Å². The van der Waals surface area contributed by atoms with Crippen LogP contribution in [0, 0.1) is 13.8 Å². The minimum Gasteiger partial charge on any atom is -0.507 e. The van der Waals surface area contributed by atoms with Crippen molar-refractivity contribution < 1.29 is 14.6 Å². The molecule has 0 fully saturated rings. The standard InChI is InChI=1S/C29H34N4O5/c1-6-32-27(36)21(25(30)33(28(32)37)18-13-9-11-16-10-7-8-12-17(16)18)22-19-14(2)23(34)15(3)20(26(31)35)24(19)38-29(22,4)5/h9,11,13,22,34H,6-8,10,12,30H2,1-5H3,(H2,31,35). The highest BCUT2D eigenvalue weighted by Gasteiger charge is 2.49. The summed E-state index contributed by atoms with van der Waals surface area (Å²) in [5.74, 6) is -1.36. The maximum atomic E-state index is 13.9. The van der Waals surface area contributed by atoms with Crippen LogP contribution in [0.1, 0.15) is 83.3 Å². The molecule has 1 amide bonds. The van der Waals surface area contributed by atoms with Gasteiger partial charge in [-0.25, -0.2) is 9.36 Å². The molecule has 5 N–H and O–H groups in total. The number of hydrogen-bond donors (Lipinski definition) is 3. The molecule has 9 nitrogen and oxygen atoms in total. The van der Waals surface area contributed by atoms with Crippen molar-refractivity contribution in [3.63, 3.8) is 0 Å². The summed E-state index contributed by atoms with van der Waals surface area (Å²) in [6.45, 7) is 8.78. The van der Waals surface area contributed by atoms with Crippen LogP contribution in [0.25, 0.3) is 5.69 Å². The van der Waals surface area contributed by atoms with Crippen molar-refractivity contribution in [2.75, 3.05) is 5.73 Å².